The maximum Gasteiger partial charge on any atom is 0.127 e. The van der Waals surface area contributed by atoms with E-state index in [-0.39, 0.29) is 0 Å². The molecule has 2 aliphatic rings. The van der Waals surface area contributed by atoms with Crippen molar-refractivity contribution in [2.75, 3.05) is 0 Å². The molecule has 0 radical (unpaired) electrons. The van der Waals surface area contributed by atoms with Gasteiger partial charge in [0.15, 0.2) is 0 Å². The maximum absolute atomic E-state index is 1.58. The Morgan fingerprint density at radius 2 is 0.480 bits per heavy atom. The molecule has 0 heterocycles. The first-order valence-corrected chi connectivity index (χ1v) is 12.4. The summed E-state index contributed by atoms with van der Waals surface area (Å²) in [6, 6.07) is 0. The van der Waals surface area contributed by atoms with Gasteiger partial charge < -0.3 is 0 Å². The van der Waals surface area contributed by atoms with Crippen molar-refractivity contribution in [1.29, 1.82) is 0 Å². The Labute approximate surface area is 160 Å². The summed E-state index contributed by atoms with van der Waals surface area (Å²) in [4.78, 5) is 0. The van der Waals surface area contributed by atoms with E-state index in [4.69, 9.17) is 0 Å². The molecule has 0 aromatic carbocycles. The standard InChI is InChI=1S/C24H47B/c1-2-4-8-12-16-20-23(19-15-11-7-3-1)25-24-21-17-13-9-5-6-10-14-18-22-24/h23-25H,1-22H2. The minimum Gasteiger partial charge on any atom is -0.0654 e. The summed E-state index contributed by atoms with van der Waals surface area (Å²) in [5.74, 6) is 2.13. The summed E-state index contributed by atoms with van der Waals surface area (Å²) in [7, 11) is 1.58. The van der Waals surface area contributed by atoms with Crippen LogP contribution in [0.15, 0.2) is 0 Å². The van der Waals surface area contributed by atoms with Crippen LogP contribution >= 0.6 is 0 Å². The Hall–Kier alpha value is 0.0649. The quantitative estimate of drug-likeness (QED) is 0.439. The van der Waals surface area contributed by atoms with E-state index in [1.165, 1.54) is 116 Å². The Bertz CT molecular complexity index is 262. The molecule has 0 bridgehead atoms. The summed E-state index contributed by atoms with van der Waals surface area (Å²) in [5.41, 5.74) is 0. The minimum absolute atomic E-state index is 1.07. The van der Waals surface area contributed by atoms with Gasteiger partial charge in [-0.1, -0.05) is 153 Å². The molecule has 25 heavy (non-hydrogen) atoms. The lowest BCUT2D eigenvalue weighted by Crippen LogP contribution is -2.12. The first-order chi connectivity index (χ1) is 12.4. The molecule has 0 amide bonds. The van der Waals surface area contributed by atoms with Crippen molar-refractivity contribution in [2.24, 2.45) is 0 Å². The van der Waals surface area contributed by atoms with Gasteiger partial charge in [-0.3, -0.25) is 0 Å². The van der Waals surface area contributed by atoms with Crippen LogP contribution < -0.4 is 0 Å². The number of rotatable bonds is 2. The van der Waals surface area contributed by atoms with Crippen LogP contribution in [0.25, 0.3) is 0 Å². The van der Waals surface area contributed by atoms with E-state index in [0.29, 0.717) is 0 Å². The summed E-state index contributed by atoms with van der Waals surface area (Å²) in [5, 5.41) is 0. The molecule has 1 heteroatoms. The van der Waals surface area contributed by atoms with E-state index in [2.05, 4.69) is 0 Å². The fourth-order valence-corrected chi connectivity index (χ4v) is 5.44. The summed E-state index contributed by atoms with van der Waals surface area (Å²) in [6.45, 7) is 0. The molecule has 0 aromatic rings. The highest BCUT2D eigenvalue weighted by molar-refractivity contribution is 6.39. The fraction of sp³-hybridized carbons (Fsp3) is 1.00. The number of hydrogen-bond acceptors (Lipinski definition) is 0. The zero-order valence-electron chi connectivity index (χ0n) is 17.4. The molecule has 0 spiro atoms. The van der Waals surface area contributed by atoms with Gasteiger partial charge in [-0.25, -0.2) is 0 Å². The van der Waals surface area contributed by atoms with Gasteiger partial charge in [-0.2, -0.15) is 0 Å². The Morgan fingerprint density at radius 1 is 0.280 bits per heavy atom. The van der Waals surface area contributed by atoms with Gasteiger partial charge in [0.05, 0.1) is 0 Å². The lowest BCUT2D eigenvalue weighted by atomic mass is 9.50. The second kappa shape index (κ2) is 15.2. The Balaban J connectivity index is 1.76. The van der Waals surface area contributed by atoms with Crippen LogP contribution in [0.3, 0.4) is 0 Å². The molecule has 2 aliphatic carbocycles. The van der Waals surface area contributed by atoms with E-state index in [1.807, 2.05) is 0 Å². The molecule has 2 rings (SSSR count). The lowest BCUT2D eigenvalue weighted by molar-refractivity contribution is 0.536. The molecule has 2 fully saturated rings. The van der Waals surface area contributed by atoms with Crippen LogP contribution in [0.5, 0.6) is 0 Å². The fourth-order valence-electron chi connectivity index (χ4n) is 5.44. The monoisotopic (exact) mass is 346 g/mol. The van der Waals surface area contributed by atoms with Crippen molar-refractivity contribution in [3.63, 3.8) is 0 Å². The van der Waals surface area contributed by atoms with Gasteiger partial charge in [-0.15, -0.1) is 0 Å². The van der Waals surface area contributed by atoms with Crippen molar-refractivity contribution < 1.29 is 0 Å². The average Bonchev–Trinajstić information content (AvgIpc) is 2.65. The predicted octanol–water partition coefficient (Wildman–Crippen LogP) is 8.61. The highest BCUT2D eigenvalue weighted by atomic mass is 14.1. The predicted molar refractivity (Wildman–Crippen MR) is 116 cm³/mol. The van der Waals surface area contributed by atoms with Crippen LogP contribution in [0, 0.1) is 0 Å². The van der Waals surface area contributed by atoms with Crippen LogP contribution in [0.4, 0.5) is 0 Å². The highest BCUT2D eigenvalue weighted by Gasteiger charge is 2.18. The zero-order valence-corrected chi connectivity index (χ0v) is 17.4. The molecular weight excluding hydrogens is 299 g/mol. The number of hydrogen-bond donors (Lipinski definition) is 0. The van der Waals surface area contributed by atoms with E-state index < -0.39 is 0 Å². The van der Waals surface area contributed by atoms with Crippen molar-refractivity contribution >= 4 is 7.28 Å². The largest absolute Gasteiger partial charge is 0.127 e. The third-order valence-corrected chi connectivity index (χ3v) is 7.12. The second-order valence-electron chi connectivity index (χ2n) is 9.49. The van der Waals surface area contributed by atoms with Crippen LogP contribution in [0.1, 0.15) is 141 Å². The third-order valence-electron chi connectivity index (χ3n) is 7.12. The van der Waals surface area contributed by atoms with Gasteiger partial charge in [0.2, 0.25) is 0 Å². The van der Waals surface area contributed by atoms with E-state index in [1.54, 1.807) is 33.0 Å². The average molecular weight is 346 g/mol. The molecule has 0 saturated heterocycles. The van der Waals surface area contributed by atoms with Crippen molar-refractivity contribution in [3.05, 3.63) is 0 Å². The lowest BCUT2D eigenvalue weighted by Gasteiger charge is -2.23. The summed E-state index contributed by atoms with van der Waals surface area (Å²) >= 11 is 0. The Morgan fingerprint density at radius 3 is 0.720 bits per heavy atom. The normalized spacial score (nSPS) is 25.8. The van der Waals surface area contributed by atoms with E-state index in [0.717, 1.165) is 11.6 Å². The van der Waals surface area contributed by atoms with E-state index in [9.17, 15) is 0 Å². The molecule has 2 saturated carbocycles. The van der Waals surface area contributed by atoms with Crippen molar-refractivity contribution in [2.45, 2.75) is 153 Å². The second-order valence-corrected chi connectivity index (χ2v) is 9.49. The first-order valence-electron chi connectivity index (χ1n) is 12.4. The van der Waals surface area contributed by atoms with Crippen LogP contribution in [-0.2, 0) is 0 Å². The third kappa shape index (κ3) is 11.4. The van der Waals surface area contributed by atoms with E-state index >= 15 is 0 Å². The van der Waals surface area contributed by atoms with Crippen LogP contribution in [0.2, 0.25) is 11.6 Å². The van der Waals surface area contributed by atoms with Gasteiger partial charge in [0.1, 0.15) is 7.28 Å². The Kier molecular flexibility index (Phi) is 13.0. The minimum atomic E-state index is 1.07. The molecule has 0 unspecified atom stereocenters. The molecule has 0 aliphatic heterocycles. The van der Waals surface area contributed by atoms with Gasteiger partial charge in [0, 0.05) is 0 Å². The molecule has 0 aromatic heterocycles. The summed E-state index contributed by atoms with van der Waals surface area (Å²) < 4.78 is 0. The molecule has 0 atom stereocenters. The van der Waals surface area contributed by atoms with Gasteiger partial charge >= 0.3 is 0 Å². The van der Waals surface area contributed by atoms with Gasteiger partial charge in [-0.05, 0) is 0 Å². The summed E-state index contributed by atoms with van der Waals surface area (Å²) in [6.07, 6.45) is 33.4. The highest BCUT2D eigenvalue weighted by Crippen LogP contribution is 2.32. The van der Waals surface area contributed by atoms with Crippen molar-refractivity contribution in [1.82, 2.24) is 0 Å². The smallest absolute Gasteiger partial charge is 0.0654 e. The molecule has 0 nitrogen and oxygen atoms in total. The topological polar surface area (TPSA) is 0 Å². The molecule has 146 valence electrons. The molecule has 0 N–H and O–H groups in total. The SMILES string of the molecule is B(C1CCCCCCCCCCCC1)C1CCCCCCCCCC1. The first kappa shape index (κ1) is 21.4. The van der Waals surface area contributed by atoms with Crippen molar-refractivity contribution in [3.8, 4) is 0 Å². The van der Waals surface area contributed by atoms with Gasteiger partial charge in [0.25, 0.3) is 0 Å². The maximum atomic E-state index is 1.58. The molecular formula is C24H47B. The van der Waals surface area contributed by atoms with Crippen LogP contribution in [-0.4, -0.2) is 7.28 Å². The zero-order chi connectivity index (χ0) is 17.4.